The fourth-order valence-electron chi connectivity index (χ4n) is 4.15. The maximum Gasteiger partial charge on any atom is 0.252 e. The molecule has 0 bridgehead atoms. The van der Waals surface area contributed by atoms with Crippen molar-refractivity contribution in [2.24, 2.45) is 0 Å². The Hall–Kier alpha value is -3.24. The van der Waals surface area contributed by atoms with E-state index in [0.717, 1.165) is 16.8 Å². The van der Waals surface area contributed by atoms with Gasteiger partial charge in [0.25, 0.3) is 5.91 Å². The van der Waals surface area contributed by atoms with Crippen LogP contribution >= 0.6 is 15.9 Å². The molecule has 1 fully saturated rings. The Morgan fingerprint density at radius 3 is 2.19 bits per heavy atom. The van der Waals surface area contributed by atoms with E-state index in [0.29, 0.717) is 43.0 Å². The first-order valence-electron chi connectivity index (χ1n) is 11.3. The molecule has 0 saturated carbocycles. The van der Waals surface area contributed by atoms with Crippen LogP contribution in [0.5, 0.6) is 0 Å². The highest BCUT2D eigenvalue weighted by Gasteiger charge is 2.31. The first-order valence-corrected chi connectivity index (χ1v) is 14.0. The smallest absolute Gasteiger partial charge is 0.252 e. The average molecular weight is 574 g/mol. The summed E-state index contributed by atoms with van der Waals surface area (Å²) in [6.07, 6.45) is 1.05. The van der Waals surface area contributed by atoms with Gasteiger partial charge in [-0.05, 0) is 48.0 Å². The molecule has 0 aromatic heterocycles. The molecule has 1 saturated heterocycles. The molecule has 0 unspecified atom stereocenters. The van der Waals surface area contributed by atoms with Crippen LogP contribution in [0.2, 0.25) is 0 Å². The van der Waals surface area contributed by atoms with E-state index in [1.165, 1.54) is 12.1 Å². The maximum absolute atomic E-state index is 13.7. The molecule has 36 heavy (non-hydrogen) atoms. The number of nitrogens with zero attached hydrogens (tertiary/aromatic N) is 2. The molecule has 1 aliphatic heterocycles. The normalized spacial score (nSPS) is 14.9. The highest BCUT2D eigenvalue weighted by Crippen LogP contribution is 2.28. The molecule has 188 valence electrons. The Labute approximate surface area is 218 Å². The van der Waals surface area contributed by atoms with Crippen molar-refractivity contribution in [3.63, 3.8) is 0 Å². The first-order chi connectivity index (χ1) is 17.1. The third-order valence-electron chi connectivity index (χ3n) is 6.02. The minimum atomic E-state index is -3.64. The quantitative estimate of drug-likeness (QED) is 0.484. The van der Waals surface area contributed by atoms with Gasteiger partial charge in [0.2, 0.25) is 5.91 Å². The number of anilines is 1. The van der Waals surface area contributed by atoms with Crippen LogP contribution in [0.1, 0.15) is 22.0 Å². The van der Waals surface area contributed by atoms with E-state index in [2.05, 4.69) is 21.2 Å². The third kappa shape index (κ3) is 5.93. The van der Waals surface area contributed by atoms with Gasteiger partial charge < -0.3 is 15.1 Å². The van der Waals surface area contributed by atoms with Crippen LogP contribution in [0.4, 0.5) is 10.1 Å². The lowest BCUT2D eigenvalue weighted by atomic mass is 10.0. The molecule has 10 heteroatoms. The molecule has 1 aliphatic rings. The highest BCUT2D eigenvalue weighted by molar-refractivity contribution is 9.10. The molecule has 3 aromatic rings. The molecule has 0 aliphatic carbocycles. The van der Waals surface area contributed by atoms with Gasteiger partial charge in [0.1, 0.15) is 11.9 Å². The minimum absolute atomic E-state index is 0.0776. The second-order valence-corrected chi connectivity index (χ2v) is 11.4. The van der Waals surface area contributed by atoms with Crippen molar-refractivity contribution in [2.45, 2.75) is 10.9 Å². The van der Waals surface area contributed by atoms with Gasteiger partial charge in [-0.2, -0.15) is 0 Å². The summed E-state index contributed by atoms with van der Waals surface area (Å²) in [5.74, 6) is -1.25. The van der Waals surface area contributed by atoms with Crippen LogP contribution < -0.4 is 10.2 Å². The Morgan fingerprint density at radius 2 is 1.58 bits per heavy atom. The predicted molar refractivity (Wildman–Crippen MR) is 139 cm³/mol. The summed E-state index contributed by atoms with van der Waals surface area (Å²) in [6, 6.07) is 18.7. The number of sulfone groups is 1. The van der Waals surface area contributed by atoms with Gasteiger partial charge in [-0.25, -0.2) is 12.8 Å². The second kappa shape index (κ2) is 10.8. The van der Waals surface area contributed by atoms with Crippen LogP contribution in [-0.2, 0) is 14.6 Å². The van der Waals surface area contributed by atoms with Gasteiger partial charge in [-0.15, -0.1) is 0 Å². The Morgan fingerprint density at radius 1 is 0.944 bits per heavy atom. The summed E-state index contributed by atoms with van der Waals surface area (Å²) in [5, 5.41) is 2.86. The number of carbonyl (C=O) groups excluding carboxylic acids is 2. The van der Waals surface area contributed by atoms with Crippen molar-refractivity contribution >= 4 is 43.3 Å². The first kappa shape index (κ1) is 25.8. The molecule has 0 radical (unpaired) electrons. The highest BCUT2D eigenvalue weighted by atomic mass is 79.9. The van der Waals surface area contributed by atoms with E-state index >= 15 is 0 Å². The molecule has 4 rings (SSSR count). The molecular weight excluding hydrogens is 549 g/mol. The van der Waals surface area contributed by atoms with Gasteiger partial charge in [-0.1, -0.05) is 46.3 Å². The van der Waals surface area contributed by atoms with Gasteiger partial charge in [0, 0.05) is 42.5 Å². The van der Waals surface area contributed by atoms with Crippen molar-refractivity contribution in [3.8, 4) is 0 Å². The van der Waals surface area contributed by atoms with Crippen LogP contribution in [0, 0.1) is 5.82 Å². The lowest BCUT2D eigenvalue weighted by Crippen LogP contribution is -2.52. The van der Waals surface area contributed by atoms with E-state index < -0.39 is 21.7 Å². The Bertz CT molecular complexity index is 1360. The zero-order valence-corrected chi connectivity index (χ0v) is 21.9. The molecule has 3 aromatic carbocycles. The monoisotopic (exact) mass is 573 g/mol. The molecule has 0 spiro atoms. The topological polar surface area (TPSA) is 86.8 Å². The van der Waals surface area contributed by atoms with Gasteiger partial charge in [-0.3, -0.25) is 9.59 Å². The average Bonchev–Trinajstić information content (AvgIpc) is 2.87. The van der Waals surface area contributed by atoms with Crippen molar-refractivity contribution in [1.29, 1.82) is 0 Å². The Balaban J connectivity index is 1.52. The van der Waals surface area contributed by atoms with Gasteiger partial charge in [0.15, 0.2) is 9.84 Å². The molecule has 1 heterocycles. The Kier molecular flexibility index (Phi) is 7.75. The molecular formula is C26H25BrFN3O4S. The van der Waals surface area contributed by atoms with Crippen LogP contribution in [0.15, 0.2) is 82.2 Å². The molecule has 1 N–H and O–H groups in total. The number of hydrogen-bond acceptors (Lipinski definition) is 5. The van der Waals surface area contributed by atoms with Crippen LogP contribution in [0.3, 0.4) is 0 Å². The SMILES string of the molecule is CS(=O)(=O)c1cc(F)ccc1N1CCN(C(=O)[C@H](NC(=O)c2ccc(Br)cc2)c2ccccc2)CC1. The molecule has 2 amide bonds. The summed E-state index contributed by atoms with van der Waals surface area (Å²) < 4.78 is 39.0. The summed E-state index contributed by atoms with van der Waals surface area (Å²) in [4.78, 5) is 29.9. The van der Waals surface area contributed by atoms with Crippen molar-refractivity contribution in [1.82, 2.24) is 10.2 Å². The van der Waals surface area contributed by atoms with E-state index in [1.807, 2.05) is 11.0 Å². The number of rotatable bonds is 6. The summed E-state index contributed by atoms with van der Waals surface area (Å²) in [6.45, 7) is 1.36. The van der Waals surface area contributed by atoms with Crippen molar-refractivity contribution < 1.29 is 22.4 Å². The number of amides is 2. The number of nitrogens with one attached hydrogen (secondary N) is 1. The number of carbonyl (C=O) groups is 2. The largest absolute Gasteiger partial charge is 0.367 e. The second-order valence-electron chi connectivity index (χ2n) is 8.52. The van der Waals surface area contributed by atoms with E-state index in [4.69, 9.17) is 0 Å². The molecule has 7 nitrogen and oxygen atoms in total. The number of halogens is 2. The summed E-state index contributed by atoms with van der Waals surface area (Å²) >= 11 is 3.35. The van der Waals surface area contributed by atoms with Gasteiger partial charge in [0.05, 0.1) is 10.6 Å². The van der Waals surface area contributed by atoms with Crippen LogP contribution in [-0.4, -0.2) is 57.6 Å². The fourth-order valence-corrected chi connectivity index (χ4v) is 5.31. The standard InChI is InChI=1S/C26H25BrFN3O4S/c1-36(34,35)23-17-21(28)11-12-22(23)30-13-15-31(16-14-30)26(33)24(18-5-3-2-4-6-18)29-25(32)19-7-9-20(27)10-8-19/h2-12,17,24H,13-16H2,1H3,(H,29,32)/t24-/m1/s1. The zero-order chi connectivity index (χ0) is 25.9. The third-order valence-corrected chi connectivity index (χ3v) is 7.67. The predicted octanol–water partition coefficient (Wildman–Crippen LogP) is 3.81. The van der Waals surface area contributed by atoms with E-state index in [1.54, 1.807) is 53.4 Å². The van der Waals surface area contributed by atoms with Crippen molar-refractivity contribution in [2.75, 3.05) is 37.3 Å². The summed E-state index contributed by atoms with van der Waals surface area (Å²) in [7, 11) is -3.64. The zero-order valence-electron chi connectivity index (χ0n) is 19.5. The minimum Gasteiger partial charge on any atom is -0.367 e. The fraction of sp³-hybridized carbons (Fsp3) is 0.231. The number of hydrogen-bond donors (Lipinski definition) is 1. The molecule has 1 atom stereocenters. The van der Waals surface area contributed by atoms with E-state index in [-0.39, 0.29) is 16.7 Å². The van der Waals surface area contributed by atoms with Crippen molar-refractivity contribution in [3.05, 3.63) is 94.2 Å². The lowest BCUT2D eigenvalue weighted by Gasteiger charge is -2.38. The maximum atomic E-state index is 13.7. The lowest BCUT2D eigenvalue weighted by molar-refractivity contribution is -0.133. The number of benzene rings is 3. The van der Waals surface area contributed by atoms with E-state index in [9.17, 15) is 22.4 Å². The number of piperazine rings is 1. The van der Waals surface area contributed by atoms with Crippen LogP contribution in [0.25, 0.3) is 0 Å². The summed E-state index contributed by atoms with van der Waals surface area (Å²) in [5.41, 5.74) is 1.50. The van der Waals surface area contributed by atoms with Gasteiger partial charge >= 0.3 is 0 Å².